The summed E-state index contributed by atoms with van der Waals surface area (Å²) in [5.74, 6) is 1.36. The Morgan fingerprint density at radius 2 is 1.77 bits per heavy atom. The summed E-state index contributed by atoms with van der Waals surface area (Å²) in [6.07, 6.45) is 5.52. The van der Waals surface area contributed by atoms with E-state index < -0.39 is 5.41 Å². The lowest BCUT2D eigenvalue weighted by Gasteiger charge is -2.22. The molecular weight excluding hydrogens is 440 g/mol. The first kappa shape index (κ1) is 22.6. The van der Waals surface area contributed by atoms with Gasteiger partial charge in [0.25, 0.3) is 5.89 Å². The lowest BCUT2D eigenvalue weighted by atomic mass is 9.90. The topological polar surface area (TPSA) is 139 Å². The van der Waals surface area contributed by atoms with Gasteiger partial charge in [0, 0.05) is 17.3 Å². The van der Waals surface area contributed by atoms with E-state index in [1.807, 2.05) is 38.1 Å². The van der Waals surface area contributed by atoms with Gasteiger partial charge < -0.3 is 15.5 Å². The third-order valence-electron chi connectivity index (χ3n) is 6.37. The Kier molecular flexibility index (Phi) is 5.97. The van der Waals surface area contributed by atoms with Gasteiger partial charge in [0.1, 0.15) is 0 Å². The van der Waals surface area contributed by atoms with Gasteiger partial charge in [0.05, 0.1) is 29.1 Å². The van der Waals surface area contributed by atoms with Crippen LogP contribution in [-0.2, 0) is 5.41 Å². The van der Waals surface area contributed by atoms with Crippen LogP contribution in [0.25, 0.3) is 34.3 Å². The molecule has 176 valence electrons. The molecule has 4 heterocycles. The van der Waals surface area contributed by atoms with Gasteiger partial charge in [-0.2, -0.15) is 5.26 Å². The van der Waals surface area contributed by atoms with Crippen molar-refractivity contribution >= 4 is 5.82 Å². The second-order valence-electron chi connectivity index (χ2n) is 9.21. The van der Waals surface area contributed by atoms with E-state index >= 15 is 0 Å². The number of piperidine rings is 1. The van der Waals surface area contributed by atoms with Gasteiger partial charge in [-0.3, -0.25) is 4.98 Å². The van der Waals surface area contributed by atoms with Crippen molar-refractivity contribution < 1.29 is 4.42 Å². The number of nitrogens with two attached hydrogens (primary N) is 1. The Morgan fingerprint density at radius 3 is 2.51 bits per heavy atom. The average molecular weight is 467 g/mol. The van der Waals surface area contributed by atoms with Crippen molar-refractivity contribution in [1.29, 1.82) is 5.26 Å². The number of hydrogen-bond donors (Lipinski definition) is 2. The Labute approximate surface area is 203 Å². The van der Waals surface area contributed by atoms with E-state index in [0.717, 1.165) is 37.1 Å². The number of nitrogens with one attached hydrogen (secondary N) is 1. The van der Waals surface area contributed by atoms with Gasteiger partial charge in [-0.1, -0.05) is 12.1 Å². The molecule has 0 spiro atoms. The van der Waals surface area contributed by atoms with E-state index in [4.69, 9.17) is 10.2 Å². The standard InChI is InChI=1S/C26H26N8O/c1-26(2,15-27)21-13-19(9-12-30-21)20-14-31-23(28)22(32-20)25-34-33-24(35-25)18-5-3-16(4-6-18)17-7-10-29-11-8-17/h3-6,9,12-14,17,29H,7-8,10-11H2,1-2H3,(H2,28,31). The van der Waals surface area contributed by atoms with Gasteiger partial charge in [-0.15, -0.1) is 10.2 Å². The molecule has 0 saturated carbocycles. The molecule has 0 bridgehead atoms. The maximum absolute atomic E-state index is 9.45. The summed E-state index contributed by atoms with van der Waals surface area (Å²) in [5, 5.41) is 21.2. The fourth-order valence-corrected chi connectivity index (χ4v) is 4.17. The van der Waals surface area contributed by atoms with Crippen molar-refractivity contribution in [3.8, 4) is 40.4 Å². The van der Waals surface area contributed by atoms with Gasteiger partial charge in [0.15, 0.2) is 11.5 Å². The number of hydrogen-bond acceptors (Lipinski definition) is 9. The monoisotopic (exact) mass is 466 g/mol. The summed E-state index contributed by atoms with van der Waals surface area (Å²) in [5.41, 5.74) is 9.83. The van der Waals surface area contributed by atoms with Crippen molar-refractivity contribution in [1.82, 2.24) is 30.5 Å². The third kappa shape index (κ3) is 4.61. The molecule has 0 atom stereocenters. The number of nitriles is 1. The van der Waals surface area contributed by atoms with Crippen molar-refractivity contribution in [3.05, 3.63) is 60.0 Å². The zero-order valence-electron chi connectivity index (χ0n) is 19.7. The Hall–Kier alpha value is -4.16. The smallest absolute Gasteiger partial charge is 0.270 e. The van der Waals surface area contributed by atoms with Gasteiger partial charge in [-0.25, -0.2) is 9.97 Å². The molecular formula is C26H26N8O. The van der Waals surface area contributed by atoms with E-state index in [-0.39, 0.29) is 11.7 Å². The largest absolute Gasteiger partial charge is 0.414 e. The van der Waals surface area contributed by atoms with Crippen LogP contribution in [0.2, 0.25) is 0 Å². The maximum atomic E-state index is 9.45. The SMILES string of the molecule is CC(C)(C#N)c1cc(-c2cnc(N)c(-c3nnc(-c4ccc(C5CCNCC5)cc4)o3)n2)ccn1. The molecule has 35 heavy (non-hydrogen) atoms. The van der Waals surface area contributed by atoms with E-state index in [1.165, 1.54) is 5.56 Å². The molecule has 5 rings (SSSR count). The molecule has 0 amide bonds. The average Bonchev–Trinajstić information content (AvgIpc) is 3.40. The van der Waals surface area contributed by atoms with E-state index in [0.29, 0.717) is 28.9 Å². The highest BCUT2D eigenvalue weighted by molar-refractivity contribution is 5.69. The van der Waals surface area contributed by atoms with Crippen LogP contribution in [0.5, 0.6) is 0 Å². The highest BCUT2D eigenvalue weighted by Gasteiger charge is 2.23. The van der Waals surface area contributed by atoms with Crippen molar-refractivity contribution in [2.24, 2.45) is 0 Å². The minimum absolute atomic E-state index is 0.192. The molecule has 1 aliphatic rings. The molecule has 0 unspecified atom stereocenters. The highest BCUT2D eigenvalue weighted by atomic mass is 16.4. The first-order valence-corrected chi connectivity index (χ1v) is 11.6. The summed E-state index contributed by atoms with van der Waals surface area (Å²) in [6.45, 7) is 5.74. The number of nitrogen functional groups attached to an aromatic ring is 1. The van der Waals surface area contributed by atoms with E-state index in [9.17, 15) is 5.26 Å². The fourth-order valence-electron chi connectivity index (χ4n) is 4.17. The van der Waals surface area contributed by atoms with Crippen molar-refractivity contribution in [3.63, 3.8) is 0 Å². The van der Waals surface area contributed by atoms with E-state index in [2.05, 4.69) is 48.7 Å². The van der Waals surface area contributed by atoms with E-state index in [1.54, 1.807) is 12.4 Å². The molecule has 9 heteroatoms. The number of anilines is 1. The van der Waals surface area contributed by atoms with Gasteiger partial charge in [-0.05, 0) is 75.5 Å². The zero-order valence-corrected chi connectivity index (χ0v) is 19.7. The van der Waals surface area contributed by atoms with Crippen LogP contribution in [0.1, 0.15) is 43.9 Å². The second kappa shape index (κ2) is 9.24. The Morgan fingerprint density at radius 1 is 1.03 bits per heavy atom. The molecule has 1 fully saturated rings. The number of aromatic nitrogens is 5. The first-order chi connectivity index (χ1) is 16.9. The third-order valence-corrected chi connectivity index (χ3v) is 6.37. The summed E-state index contributed by atoms with van der Waals surface area (Å²) in [7, 11) is 0. The number of nitrogens with zero attached hydrogens (tertiary/aromatic N) is 6. The molecule has 3 N–H and O–H groups in total. The quantitative estimate of drug-likeness (QED) is 0.445. The molecule has 0 aliphatic carbocycles. The zero-order chi connectivity index (χ0) is 24.4. The molecule has 4 aromatic rings. The van der Waals surface area contributed by atoms with Crippen molar-refractivity contribution in [2.45, 2.75) is 38.0 Å². The molecule has 1 saturated heterocycles. The van der Waals surface area contributed by atoms with Crippen LogP contribution in [0, 0.1) is 11.3 Å². The van der Waals surface area contributed by atoms with Gasteiger partial charge in [0.2, 0.25) is 5.89 Å². The minimum Gasteiger partial charge on any atom is -0.414 e. The predicted octanol–water partition coefficient (Wildman–Crippen LogP) is 4.11. The van der Waals surface area contributed by atoms with Crippen LogP contribution in [0.15, 0.2) is 53.2 Å². The normalized spacial score (nSPS) is 14.5. The lowest BCUT2D eigenvalue weighted by Crippen LogP contribution is -2.26. The van der Waals surface area contributed by atoms with Crippen LogP contribution >= 0.6 is 0 Å². The molecule has 1 aliphatic heterocycles. The van der Waals surface area contributed by atoms with Crippen LogP contribution in [0.3, 0.4) is 0 Å². The number of rotatable bonds is 5. The Balaban J connectivity index is 1.42. The van der Waals surface area contributed by atoms with Gasteiger partial charge >= 0.3 is 0 Å². The first-order valence-electron chi connectivity index (χ1n) is 11.6. The maximum Gasteiger partial charge on any atom is 0.270 e. The molecule has 1 aromatic carbocycles. The summed E-state index contributed by atoms with van der Waals surface area (Å²) >= 11 is 0. The minimum atomic E-state index is -0.731. The fraction of sp³-hybridized carbons (Fsp3) is 0.308. The number of benzene rings is 1. The Bertz CT molecular complexity index is 1380. The summed E-state index contributed by atoms with van der Waals surface area (Å²) in [6, 6.07) is 14.2. The second-order valence-corrected chi connectivity index (χ2v) is 9.21. The summed E-state index contributed by atoms with van der Waals surface area (Å²) in [4.78, 5) is 13.3. The number of pyridine rings is 1. The van der Waals surface area contributed by atoms with Crippen LogP contribution < -0.4 is 11.1 Å². The van der Waals surface area contributed by atoms with Crippen LogP contribution in [0.4, 0.5) is 5.82 Å². The van der Waals surface area contributed by atoms with Crippen molar-refractivity contribution in [2.75, 3.05) is 18.8 Å². The highest BCUT2D eigenvalue weighted by Crippen LogP contribution is 2.31. The molecule has 0 radical (unpaired) electrons. The lowest BCUT2D eigenvalue weighted by molar-refractivity contribution is 0.460. The molecule has 3 aromatic heterocycles. The van der Waals surface area contributed by atoms with Crippen LogP contribution in [-0.4, -0.2) is 38.2 Å². The molecule has 9 nitrogen and oxygen atoms in total. The summed E-state index contributed by atoms with van der Waals surface area (Å²) < 4.78 is 5.94. The predicted molar refractivity (Wildman–Crippen MR) is 132 cm³/mol.